The number of benzene rings is 2. The molecular weight excluding hydrogens is 260 g/mol. The lowest BCUT2D eigenvalue weighted by atomic mass is 10.2. The number of nitrogens with zero attached hydrogens (tertiary/aromatic N) is 3. The standard InChI is InChI=1S/C14H9ClN4/c15-10-6-5-9(8-16)13(7-10)19-12-4-2-1-3-11(12)18-14(19)17/h1-7H,(H2,17,18). The summed E-state index contributed by atoms with van der Waals surface area (Å²) in [6, 6.07) is 14.8. The number of hydrogen-bond donors (Lipinski definition) is 1. The first-order valence-corrected chi connectivity index (χ1v) is 6.01. The molecule has 0 saturated heterocycles. The van der Waals surface area contributed by atoms with E-state index in [4.69, 9.17) is 17.3 Å². The number of halogens is 1. The van der Waals surface area contributed by atoms with Gasteiger partial charge in [-0.15, -0.1) is 0 Å². The molecule has 0 aliphatic rings. The van der Waals surface area contributed by atoms with Crippen LogP contribution in [-0.2, 0) is 0 Å². The maximum absolute atomic E-state index is 9.20. The van der Waals surface area contributed by atoms with Crippen LogP contribution in [0, 0.1) is 11.3 Å². The summed E-state index contributed by atoms with van der Waals surface area (Å²) in [4.78, 5) is 4.28. The minimum absolute atomic E-state index is 0.333. The van der Waals surface area contributed by atoms with Crippen molar-refractivity contribution in [2.24, 2.45) is 0 Å². The number of nitrogen functional groups attached to an aromatic ring is 1. The van der Waals surface area contributed by atoms with E-state index in [0.29, 0.717) is 22.2 Å². The molecule has 1 aromatic heterocycles. The quantitative estimate of drug-likeness (QED) is 0.737. The van der Waals surface area contributed by atoms with Gasteiger partial charge in [-0.05, 0) is 30.3 Å². The summed E-state index contributed by atoms with van der Waals surface area (Å²) in [5, 5.41) is 9.75. The van der Waals surface area contributed by atoms with Crippen LogP contribution in [0.2, 0.25) is 5.02 Å². The maximum atomic E-state index is 9.20. The molecular formula is C14H9ClN4. The topological polar surface area (TPSA) is 67.6 Å². The fourth-order valence-electron chi connectivity index (χ4n) is 2.08. The molecule has 3 aromatic rings. The zero-order valence-electron chi connectivity index (χ0n) is 9.84. The number of hydrogen-bond acceptors (Lipinski definition) is 3. The van der Waals surface area contributed by atoms with E-state index in [1.54, 1.807) is 22.8 Å². The number of fused-ring (bicyclic) bond motifs is 1. The molecule has 0 amide bonds. The Morgan fingerprint density at radius 1 is 1.21 bits per heavy atom. The van der Waals surface area contributed by atoms with Crippen molar-refractivity contribution in [3.05, 3.63) is 53.1 Å². The number of aromatic nitrogens is 2. The molecule has 2 aromatic carbocycles. The monoisotopic (exact) mass is 268 g/mol. The zero-order valence-corrected chi connectivity index (χ0v) is 10.6. The normalized spacial score (nSPS) is 10.5. The second-order valence-corrected chi connectivity index (χ2v) is 4.50. The second-order valence-electron chi connectivity index (χ2n) is 4.07. The summed E-state index contributed by atoms with van der Waals surface area (Å²) in [7, 11) is 0. The maximum Gasteiger partial charge on any atom is 0.205 e. The van der Waals surface area contributed by atoms with Crippen LogP contribution in [0.15, 0.2) is 42.5 Å². The Balaban J connectivity index is 2.40. The van der Waals surface area contributed by atoms with Crippen molar-refractivity contribution >= 4 is 28.6 Å². The van der Waals surface area contributed by atoms with E-state index >= 15 is 0 Å². The summed E-state index contributed by atoms with van der Waals surface area (Å²) >= 11 is 6.01. The van der Waals surface area contributed by atoms with Gasteiger partial charge < -0.3 is 5.73 Å². The van der Waals surface area contributed by atoms with E-state index in [1.165, 1.54) is 0 Å². The molecule has 19 heavy (non-hydrogen) atoms. The average molecular weight is 269 g/mol. The Morgan fingerprint density at radius 2 is 2.00 bits per heavy atom. The molecule has 0 unspecified atom stereocenters. The van der Waals surface area contributed by atoms with Crippen molar-refractivity contribution in [3.8, 4) is 11.8 Å². The molecule has 0 aliphatic heterocycles. The lowest BCUT2D eigenvalue weighted by Crippen LogP contribution is -2.02. The molecule has 0 radical (unpaired) electrons. The van der Waals surface area contributed by atoms with Crippen LogP contribution < -0.4 is 5.73 Å². The minimum atomic E-state index is 0.333. The molecule has 0 aliphatic carbocycles. The van der Waals surface area contributed by atoms with Gasteiger partial charge in [0.05, 0.1) is 22.3 Å². The fourth-order valence-corrected chi connectivity index (χ4v) is 2.25. The Labute approximate surface area is 114 Å². The molecule has 2 N–H and O–H groups in total. The van der Waals surface area contributed by atoms with Gasteiger partial charge >= 0.3 is 0 Å². The Morgan fingerprint density at radius 3 is 2.79 bits per heavy atom. The van der Waals surface area contributed by atoms with Crippen LogP contribution in [0.4, 0.5) is 5.95 Å². The Kier molecular flexibility index (Phi) is 2.62. The highest BCUT2D eigenvalue weighted by atomic mass is 35.5. The van der Waals surface area contributed by atoms with E-state index < -0.39 is 0 Å². The summed E-state index contributed by atoms with van der Waals surface area (Å²) in [5.74, 6) is 0.333. The van der Waals surface area contributed by atoms with Crippen molar-refractivity contribution in [2.75, 3.05) is 5.73 Å². The summed E-state index contributed by atoms with van der Waals surface area (Å²) in [5.41, 5.74) is 8.73. The van der Waals surface area contributed by atoms with Crippen molar-refractivity contribution in [3.63, 3.8) is 0 Å². The lowest BCUT2D eigenvalue weighted by Gasteiger charge is -2.08. The SMILES string of the molecule is N#Cc1ccc(Cl)cc1-n1c(N)nc2ccccc21. The number of nitriles is 1. The van der Waals surface area contributed by atoms with Crippen molar-refractivity contribution in [2.45, 2.75) is 0 Å². The highest BCUT2D eigenvalue weighted by molar-refractivity contribution is 6.30. The first kappa shape index (κ1) is 11.6. The van der Waals surface area contributed by atoms with Crippen molar-refractivity contribution in [1.29, 1.82) is 5.26 Å². The molecule has 0 fully saturated rings. The van der Waals surface area contributed by atoms with Crippen LogP contribution in [0.1, 0.15) is 5.56 Å². The highest BCUT2D eigenvalue weighted by Crippen LogP contribution is 2.27. The first-order valence-electron chi connectivity index (χ1n) is 5.63. The van der Waals surface area contributed by atoms with Gasteiger partial charge in [0.25, 0.3) is 0 Å². The number of para-hydroxylation sites is 2. The van der Waals surface area contributed by atoms with Gasteiger partial charge in [0.2, 0.25) is 5.95 Å². The van der Waals surface area contributed by atoms with E-state index in [1.807, 2.05) is 24.3 Å². The second kappa shape index (κ2) is 4.30. The van der Waals surface area contributed by atoms with Crippen LogP contribution in [-0.4, -0.2) is 9.55 Å². The van der Waals surface area contributed by atoms with Crippen LogP contribution in [0.5, 0.6) is 0 Å². The van der Waals surface area contributed by atoms with Gasteiger partial charge in [-0.3, -0.25) is 4.57 Å². The van der Waals surface area contributed by atoms with Gasteiger partial charge in [-0.25, -0.2) is 4.98 Å². The molecule has 1 heterocycles. The highest BCUT2D eigenvalue weighted by Gasteiger charge is 2.13. The third-order valence-corrected chi connectivity index (χ3v) is 3.14. The molecule has 5 heteroatoms. The van der Waals surface area contributed by atoms with Gasteiger partial charge in [-0.2, -0.15) is 5.26 Å². The molecule has 3 rings (SSSR count). The Hall–Kier alpha value is -2.51. The summed E-state index contributed by atoms with van der Waals surface area (Å²) in [6.07, 6.45) is 0. The van der Waals surface area contributed by atoms with E-state index in [0.717, 1.165) is 11.0 Å². The van der Waals surface area contributed by atoms with Gasteiger partial charge in [0.15, 0.2) is 0 Å². The van der Waals surface area contributed by atoms with Gasteiger partial charge in [0.1, 0.15) is 6.07 Å². The van der Waals surface area contributed by atoms with Crippen LogP contribution in [0.3, 0.4) is 0 Å². The molecule has 4 nitrogen and oxygen atoms in total. The third-order valence-electron chi connectivity index (χ3n) is 2.91. The van der Waals surface area contributed by atoms with Gasteiger partial charge in [0, 0.05) is 5.02 Å². The van der Waals surface area contributed by atoms with Gasteiger partial charge in [-0.1, -0.05) is 23.7 Å². The molecule has 0 spiro atoms. The predicted octanol–water partition coefficient (Wildman–Crippen LogP) is 3.13. The van der Waals surface area contributed by atoms with E-state index in [9.17, 15) is 5.26 Å². The molecule has 92 valence electrons. The summed E-state index contributed by atoms with van der Waals surface area (Å²) in [6.45, 7) is 0. The molecule has 0 bridgehead atoms. The molecule has 0 saturated carbocycles. The molecule has 0 atom stereocenters. The summed E-state index contributed by atoms with van der Waals surface area (Å²) < 4.78 is 1.74. The lowest BCUT2D eigenvalue weighted by molar-refractivity contribution is 1.10. The van der Waals surface area contributed by atoms with Crippen molar-refractivity contribution in [1.82, 2.24) is 9.55 Å². The number of rotatable bonds is 1. The van der Waals surface area contributed by atoms with Crippen molar-refractivity contribution < 1.29 is 0 Å². The zero-order chi connectivity index (χ0) is 13.4. The predicted molar refractivity (Wildman–Crippen MR) is 75.2 cm³/mol. The number of nitrogens with two attached hydrogens (primary N) is 1. The smallest absolute Gasteiger partial charge is 0.205 e. The number of anilines is 1. The average Bonchev–Trinajstić information content (AvgIpc) is 2.74. The van der Waals surface area contributed by atoms with Crippen LogP contribution >= 0.6 is 11.6 Å². The first-order chi connectivity index (χ1) is 9.20. The van der Waals surface area contributed by atoms with E-state index in [2.05, 4.69) is 11.1 Å². The fraction of sp³-hybridized carbons (Fsp3) is 0. The Bertz CT molecular complexity index is 814. The van der Waals surface area contributed by atoms with E-state index in [-0.39, 0.29) is 0 Å². The number of imidazole rings is 1. The minimum Gasteiger partial charge on any atom is -0.369 e. The van der Waals surface area contributed by atoms with Crippen LogP contribution in [0.25, 0.3) is 16.7 Å². The largest absolute Gasteiger partial charge is 0.369 e. The third kappa shape index (κ3) is 1.81.